The minimum absolute atomic E-state index is 0.0382. The smallest absolute Gasteiger partial charge is 0.231 e. The number of piperidine rings is 1. The third kappa shape index (κ3) is 4.43. The van der Waals surface area contributed by atoms with Crippen LogP contribution in [0.5, 0.6) is 11.8 Å². The summed E-state index contributed by atoms with van der Waals surface area (Å²) in [5.74, 6) is 1.41. The first kappa shape index (κ1) is 15.8. The summed E-state index contributed by atoms with van der Waals surface area (Å²) in [4.78, 5) is 10.6. The molecule has 118 valence electrons. The van der Waals surface area contributed by atoms with E-state index in [1.165, 1.54) is 20.5 Å². The summed E-state index contributed by atoms with van der Waals surface area (Å²) in [7, 11) is -0.0959. The zero-order valence-electron chi connectivity index (χ0n) is 12.4. The number of rotatable bonds is 5. The minimum Gasteiger partial charge on any atom is -0.481 e. The van der Waals surface area contributed by atoms with E-state index in [1.54, 1.807) is 6.07 Å². The number of anilines is 1. The van der Waals surface area contributed by atoms with Crippen LogP contribution in [0.25, 0.3) is 0 Å². The molecule has 1 fully saturated rings. The van der Waals surface area contributed by atoms with Crippen molar-refractivity contribution in [1.29, 1.82) is 0 Å². The molecular weight excluding hydrogens is 296 g/mol. The van der Waals surface area contributed by atoms with Gasteiger partial charge in [-0.05, 0) is 12.8 Å². The van der Waals surface area contributed by atoms with Crippen LogP contribution in [0.4, 0.5) is 5.95 Å². The Labute approximate surface area is 124 Å². The average Bonchev–Trinajstić information content (AvgIpc) is 2.45. The quantitative estimate of drug-likeness (QED) is 0.818. The fraction of sp³-hybridized carbons (Fsp3) is 0.667. The minimum atomic E-state index is -3.17. The number of sulfonamides is 1. The first-order valence-electron chi connectivity index (χ1n) is 6.60. The first-order chi connectivity index (χ1) is 9.91. The highest BCUT2D eigenvalue weighted by molar-refractivity contribution is 7.88. The lowest BCUT2D eigenvalue weighted by molar-refractivity contribution is 0.369. The summed E-state index contributed by atoms with van der Waals surface area (Å²) in [5.41, 5.74) is 0. The van der Waals surface area contributed by atoms with Gasteiger partial charge in [0.2, 0.25) is 27.7 Å². The van der Waals surface area contributed by atoms with E-state index < -0.39 is 10.0 Å². The van der Waals surface area contributed by atoms with Gasteiger partial charge in [0.15, 0.2) is 0 Å². The molecule has 1 aliphatic heterocycles. The van der Waals surface area contributed by atoms with Crippen LogP contribution in [0.2, 0.25) is 0 Å². The van der Waals surface area contributed by atoms with Crippen molar-refractivity contribution >= 4 is 16.0 Å². The van der Waals surface area contributed by atoms with Gasteiger partial charge in [0.25, 0.3) is 0 Å². The Morgan fingerprint density at radius 2 is 1.71 bits per heavy atom. The molecule has 1 saturated heterocycles. The number of ether oxygens (including phenoxy) is 2. The normalized spacial score (nSPS) is 16.8. The number of aromatic nitrogens is 2. The van der Waals surface area contributed by atoms with E-state index in [2.05, 4.69) is 14.7 Å². The Morgan fingerprint density at radius 3 is 2.14 bits per heavy atom. The first-order valence-corrected chi connectivity index (χ1v) is 8.49. The topological polar surface area (TPSA) is 93.7 Å². The zero-order valence-corrected chi connectivity index (χ0v) is 13.2. The lowest BCUT2D eigenvalue weighted by Gasteiger charge is -2.32. The molecule has 0 bridgehead atoms. The van der Waals surface area contributed by atoms with Crippen LogP contribution < -0.4 is 19.1 Å². The van der Waals surface area contributed by atoms with Crippen molar-refractivity contribution in [2.24, 2.45) is 0 Å². The van der Waals surface area contributed by atoms with Crippen LogP contribution in [0.3, 0.4) is 0 Å². The summed E-state index contributed by atoms with van der Waals surface area (Å²) in [5, 5.41) is 0. The van der Waals surface area contributed by atoms with Crippen molar-refractivity contribution in [3.63, 3.8) is 0 Å². The molecule has 0 atom stereocenters. The SMILES string of the molecule is COc1cc(OC)nc(N2CCC(NS(C)(=O)=O)CC2)n1. The van der Waals surface area contributed by atoms with E-state index in [-0.39, 0.29) is 6.04 Å². The Hall–Kier alpha value is -1.61. The van der Waals surface area contributed by atoms with Crippen molar-refractivity contribution in [3.8, 4) is 11.8 Å². The van der Waals surface area contributed by atoms with Crippen LogP contribution in [0.15, 0.2) is 6.07 Å². The maximum atomic E-state index is 11.2. The maximum absolute atomic E-state index is 11.2. The second kappa shape index (κ2) is 6.44. The summed E-state index contributed by atoms with van der Waals surface area (Å²) in [6.07, 6.45) is 2.58. The highest BCUT2D eigenvalue weighted by atomic mass is 32.2. The second-order valence-electron chi connectivity index (χ2n) is 4.90. The Kier molecular flexibility index (Phi) is 4.84. The predicted octanol–water partition coefficient (Wildman–Crippen LogP) is 0.0118. The molecule has 1 aliphatic rings. The van der Waals surface area contributed by atoms with Gasteiger partial charge in [-0.1, -0.05) is 0 Å². The molecule has 21 heavy (non-hydrogen) atoms. The molecule has 9 heteroatoms. The van der Waals surface area contributed by atoms with E-state index in [9.17, 15) is 8.42 Å². The molecule has 2 rings (SSSR count). The van der Waals surface area contributed by atoms with Gasteiger partial charge >= 0.3 is 0 Å². The Morgan fingerprint density at radius 1 is 1.19 bits per heavy atom. The van der Waals surface area contributed by atoms with Crippen molar-refractivity contribution in [1.82, 2.24) is 14.7 Å². The monoisotopic (exact) mass is 316 g/mol. The highest BCUT2D eigenvalue weighted by Gasteiger charge is 2.23. The molecule has 8 nitrogen and oxygen atoms in total. The van der Waals surface area contributed by atoms with Gasteiger partial charge in [0, 0.05) is 19.1 Å². The highest BCUT2D eigenvalue weighted by Crippen LogP contribution is 2.22. The molecule has 0 spiro atoms. The van der Waals surface area contributed by atoms with Crippen LogP contribution >= 0.6 is 0 Å². The number of methoxy groups -OCH3 is 2. The van der Waals surface area contributed by atoms with E-state index in [0.717, 1.165) is 0 Å². The summed E-state index contributed by atoms with van der Waals surface area (Å²) >= 11 is 0. The molecule has 1 N–H and O–H groups in total. The van der Waals surface area contributed by atoms with Crippen molar-refractivity contribution < 1.29 is 17.9 Å². The van der Waals surface area contributed by atoms with Gasteiger partial charge in [-0.15, -0.1) is 0 Å². The van der Waals surface area contributed by atoms with E-state index >= 15 is 0 Å². The lowest BCUT2D eigenvalue weighted by atomic mass is 10.1. The van der Waals surface area contributed by atoms with E-state index in [4.69, 9.17) is 9.47 Å². The Balaban J connectivity index is 2.05. The second-order valence-corrected chi connectivity index (χ2v) is 6.68. The van der Waals surface area contributed by atoms with Gasteiger partial charge in [0.1, 0.15) is 0 Å². The molecular formula is C12H20N4O4S. The van der Waals surface area contributed by atoms with Crippen LogP contribution in [-0.4, -0.2) is 58.0 Å². The third-order valence-electron chi connectivity index (χ3n) is 3.24. The molecule has 2 heterocycles. The number of nitrogens with zero attached hydrogens (tertiary/aromatic N) is 3. The molecule has 1 aromatic heterocycles. The molecule has 0 radical (unpaired) electrons. The summed E-state index contributed by atoms with van der Waals surface area (Å²) in [6, 6.07) is 1.57. The fourth-order valence-electron chi connectivity index (χ4n) is 2.24. The summed E-state index contributed by atoms with van der Waals surface area (Å²) in [6.45, 7) is 1.34. The summed E-state index contributed by atoms with van der Waals surface area (Å²) < 4.78 is 35.4. The molecule has 0 unspecified atom stereocenters. The zero-order chi connectivity index (χ0) is 15.5. The number of hydrogen-bond acceptors (Lipinski definition) is 7. The maximum Gasteiger partial charge on any atom is 0.231 e. The number of nitrogens with one attached hydrogen (secondary N) is 1. The van der Waals surface area contributed by atoms with Crippen molar-refractivity contribution in [3.05, 3.63) is 6.07 Å². The fourth-order valence-corrected chi connectivity index (χ4v) is 3.08. The van der Waals surface area contributed by atoms with Crippen LogP contribution in [0.1, 0.15) is 12.8 Å². The molecule has 1 aromatic rings. The van der Waals surface area contributed by atoms with Crippen molar-refractivity contribution in [2.45, 2.75) is 18.9 Å². The van der Waals surface area contributed by atoms with Gasteiger partial charge in [-0.3, -0.25) is 0 Å². The van der Waals surface area contributed by atoms with E-state index in [1.807, 2.05) is 4.90 Å². The standard InChI is InChI=1S/C12H20N4O4S/c1-19-10-8-11(20-2)14-12(13-10)16-6-4-9(5-7-16)15-21(3,17)18/h8-9,15H,4-7H2,1-3H3. The molecule has 0 amide bonds. The van der Waals surface area contributed by atoms with Gasteiger partial charge < -0.3 is 14.4 Å². The van der Waals surface area contributed by atoms with Crippen LogP contribution in [-0.2, 0) is 10.0 Å². The predicted molar refractivity (Wildman–Crippen MR) is 78.4 cm³/mol. The van der Waals surface area contributed by atoms with E-state index in [0.29, 0.717) is 43.6 Å². The average molecular weight is 316 g/mol. The van der Waals surface area contributed by atoms with Gasteiger partial charge in [-0.2, -0.15) is 9.97 Å². The van der Waals surface area contributed by atoms with Gasteiger partial charge in [-0.25, -0.2) is 13.1 Å². The van der Waals surface area contributed by atoms with Crippen molar-refractivity contribution in [2.75, 3.05) is 38.5 Å². The Bertz CT molecular complexity index is 563. The third-order valence-corrected chi connectivity index (χ3v) is 4.01. The molecule has 0 aliphatic carbocycles. The largest absolute Gasteiger partial charge is 0.481 e. The molecule has 0 saturated carbocycles. The lowest BCUT2D eigenvalue weighted by Crippen LogP contribution is -2.44. The molecule has 0 aromatic carbocycles. The van der Waals surface area contributed by atoms with Crippen LogP contribution in [0, 0.1) is 0 Å². The van der Waals surface area contributed by atoms with Gasteiger partial charge in [0.05, 0.1) is 26.5 Å². The number of hydrogen-bond donors (Lipinski definition) is 1.